The molecule has 1 saturated carbocycles. The van der Waals surface area contributed by atoms with Gasteiger partial charge in [-0.1, -0.05) is 29.3 Å². The summed E-state index contributed by atoms with van der Waals surface area (Å²) in [5.74, 6) is 0. The third-order valence-electron chi connectivity index (χ3n) is 2.98. The van der Waals surface area contributed by atoms with Crippen LogP contribution in [0.5, 0.6) is 0 Å². The van der Waals surface area contributed by atoms with Gasteiger partial charge in [0.25, 0.3) is 10.0 Å². The molecule has 1 aliphatic rings. The summed E-state index contributed by atoms with van der Waals surface area (Å²) in [6.07, 6.45) is 3.72. The van der Waals surface area contributed by atoms with Crippen LogP contribution in [0.15, 0.2) is 23.1 Å². The summed E-state index contributed by atoms with van der Waals surface area (Å²) < 4.78 is 24.0. The fourth-order valence-corrected chi connectivity index (χ4v) is 3.37. The first kappa shape index (κ1) is 14.3. The second-order valence-corrected chi connectivity index (χ2v) is 6.39. The van der Waals surface area contributed by atoms with Crippen molar-refractivity contribution in [2.45, 2.75) is 36.7 Å². The molecule has 0 bridgehead atoms. The maximum Gasteiger partial charge on any atom is 0.263 e. The first-order chi connectivity index (χ1) is 9.03. The molecule has 0 heterocycles. The summed E-state index contributed by atoms with van der Waals surface area (Å²) in [5.41, 5.74) is 0.306. The summed E-state index contributed by atoms with van der Waals surface area (Å²) in [6.45, 7) is 0. The molecule has 1 aliphatic carbocycles. The van der Waals surface area contributed by atoms with Crippen molar-refractivity contribution in [3.05, 3.63) is 28.8 Å². The number of hydrogen-bond acceptors (Lipinski definition) is 4. The molecule has 19 heavy (non-hydrogen) atoms. The third-order valence-corrected chi connectivity index (χ3v) is 4.65. The zero-order valence-corrected chi connectivity index (χ0v) is 11.7. The van der Waals surface area contributed by atoms with Crippen LogP contribution >= 0.6 is 11.6 Å². The van der Waals surface area contributed by atoms with Crippen molar-refractivity contribution >= 4 is 21.6 Å². The van der Waals surface area contributed by atoms with E-state index in [1.807, 2.05) is 6.07 Å². The lowest BCUT2D eigenvalue weighted by Crippen LogP contribution is -2.28. The number of nitrogens with zero attached hydrogens (tertiary/aromatic N) is 1. The first-order valence-electron chi connectivity index (χ1n) is 5.90. The molecule has 1 aromatic rings. The topological polar surface area (TPSA) is 79.2 Å². The van der Waals surface area contributed by atoms with Crippen LogP contribution in [0.3, 0.4) is 0 Å². The summed E-state index contributed by atoms with van der Waals surface area (Å²) in [6, 6.07) is 5.90. The minimum atomic E-state index is -3.82. The molecule has 7 heteroatoms. The minimum absolute atomic E-state index is 0.00146. The molecule has 2 rings (SSSR count). The fraction of sp³-hybridized carbons (Fsp3) is 0.417. The van der Waals surface area contributed by atoms with Crippen LogP contribution in [0.1, 0.15) is 31.2 Å². The number of sulfonamides is 1. The van der Waals surface area contributed by atoms with Crippen LogP contribution in [0, 0.1) is 11.3 Å². The Labute approximate surface area is 117 Å². The summed E-state index contributed by atoms with van der Waals surface area (Å²) in [4.78, 5) is 7.18. The average Bonchev–Trinajstić information content (AvgIpc) is 2.89. The van der Waals surface area contributed by atoms with E-state index in [2.05, 4.69) is 4.89 Å². The zero-order valence-electron chi connectivity index (χ0n) is 10.1. The van der Waals surface area contributed by atoms with E-state index in [1.165, 1.54) is 18.2 Å². The van der Waals surface area contributed by atoms with E-state index in [0.29, 0.717) is 5.56 Å². The number of rotatable bonds is 4. The van der Waals surface area contributed by atoms with Crippen molar-refractivity contribution in [2.24, 2.45) is 0 Å². The Morgan fingerprint density at radius 2 is 2.05 bits per heavy atom. The van der Waals surface area contributed by atoms with Gasteiger partial charge in [-0.15, -0.1) is 0 Å². The number of halogens is 1. The molecular formula is C12H13ClN2O3S. The van der Waals surface area contributed by atoms with Gasteiger partial charge < -0.3 is 0 Å². The molecule has 0 radical (unpaired) electrons. The molecule has 1 fully saturated rings. The molecule has 0 aromatic heterocycles. The van der Waals surface area contributed by atoms with Gasteiger partial charge >= 0.3 is 0 Å². The highest BCUT2D eigenvalue weighted by molar-refractivity contribution is 7.89. The summed E-state index contributed by atoms with van der Waals surface area (Å²) in [7, 11) is -3.82. The van der Waals surface area contributed by atoms with Crippen molar-refractivity contribution in [2.75, 3.05) is 0 Å². The normalized spacial score (nSPS) is 16.4. The monoisotopic (exact) mass is 300 g/mol. The Morgan fingerprint density at radius 1 is 1.37 bits per heavy atom. The van der Waals surface area contributed by atoms with E-state index in [0.717, 1.165) is 25.7 Å². The largest absolute Gasteiger partial charge is 0.284 e. The smallest absolute Gasteiger partial charge is 0.263 e. The second-order valence-electron chi connectivity index (χ2n) is 4.37. The Hall–Kier alpha value is -1.13. The molecule has 0 atom stereocenters. The summed E-state index contributed by atoms with van der Waals surface area (Å²) in [5, 5.41) is 8.71. The van der Waals surface area contributed by atoms with E-state index in [1.54, 1.807) is 0 Å². The van der Waals surface area contributed by atoms with Gasteiger partial charge in [-0.05, 0) is 31.0 Å². The lowest BCUT2D eigenvalue weighted by atomic mass is 10.2. The minimum Gasteiger partial charge on any atom is -0.284 e. The standard InChI is InChI=1S/C12H13ClN2O3S/c13-11-7-9(8-14)5-6-12(11)19(16,17)15-18-10-3-1-2-4-10/h5-7,10,15H,1-4H2. The van der Waals surface area contributed by atoms with Gasteiger partial charge in [0.15, 0.2) is 0 Å². The summed E-state index contributed by atoms with van der Waals surface area (Å²) >= 11 is 5.86. The van der Waals surface area contributed by atoms with E-state index in [4.69, 9.17) is 21.7 Å². The third kappa shape index (κ3) is 3.45. The van der Waals surface area contributed by atoms with Crippen molar-refractivity contribution < 1.29 is 13.3 Å². The predicted octanol–water partition coefficient (Wildman–Crippen LogP) is 2.36. The van der Waals surface area contributed by atoms with Gasteiger partial charge in [-0.2, -0.15) is 5.26 Å². The molecule has 0 spiro atoms. The van der Waals surface area contributed by atoms with Crippen LogP contribution < -0.4 is 4.89 Å². The van der Waals surface area contributed by atoms with Crippen LogP contribution in [-0.4, -0.2) is 14.5 Å². The quantitative estimate of drug-likeness (QED) is 0.866. The number of nitriles is 1. The second kappa shape index (κ2) is 5.88. The molecule has 0 saturated heterocycles. The Morgan fingerprint density at radius 3 is 2.63 bits per heavy atom. The molecule has 1 N–H and O–H groups in total. The Kier molecular flexibility index (Phi) is 4.42. The highest BCUT2D eigenvalue weighted by Crippen LogP contribution is 2.24. The SMILES string of the molecule is N#Cc1ccc(S(=O)(=O)NOC2CCCC2)c(Cl)c1. The van der Waals surface area contributed by atoms with Crippen molar-refractivity contribution in [1.29, 1.82) is 5.26 Å². The zero-order chi connectivity index (χ0) is 13.9. The van der Waals surface area contributed by atoms with E-state index in [9.17, 15) is 8.42 Å². The Bertz CT molecular complexity index is 604. The van der Waals surface area contributed by atoms with Crippen molar-refractivity contribution in [3.8, 4) is 6.07 Å². The average molecular weight is 301 g/mol. The lowest BCUT2D eigenvalue weighted by molar-refractivity contribution is 0.0223. The molecule has 102 valence electrons. The maximum atomic E-state index is 12.0. The molecule has 0 unspecified atom stereocenters. The molecule has 5 nitrogen and oxygen atoms in total. The van der Waals surface area contributed by atoms with Gasteiger partial charge in [0.1, 0.15) is 4.90 Å². The van der Waals surface area contributed by atoms with Gasteiger partial charge in [-0.3, -0.25) is 4.84 Å². The van der Waals surface area contributed by atoms with Crippen LogP contribution in [0.4, 0.5) is 0 Å². The van der Waals surface area contributed by atoms with Crippen LogP contribution in [0.25, 0.3) is 0 Å². The van der Waals surface area contributed by atoms with E-state index >= 15 is 0 Å². The van der Waals surface area contributed by atoms with Crippen LogP contribution in [-0.2, 0) is 14.9 Å². The van der Waals surface area contributed by atoms with Gasteiger partial charge in [-0.25, -0.2) is 8.42 Å². The lowest BCUT2D eigenvalue weighted by Gasteiger charge is -2.12. The number of benzene rings is 1. The number of nitrogens with one attached hydrogen (secondary N) is 1. The first-order valence-corrected chi connectivity index (χ1v) is 7.76. The number of hydrogen-bond donors (Lipinski definition) is 1. The van der Waals surface area contributed by atoms with E-state index in [-0.39, 0.29) is 16.0 Å². The fourth-order valence-electron chi connectivity index (χ4n) is 1.97. The van der Waals surface area contributed by atoms with Gasteiger partial charge in [0.2, 0.25) is 0 Å². The van der Waals surface area contributed by atoms with Gasteiger partial charge in [0, 0.05) is 0 Å². The molecular weight excluding hydrogens is 288 g/mol. The Balaban J connectivity index is 2.12. The van der Waals surface area contributed by atoms with Crippen LogP contribution in [0.2, 0.25) is 5.02 Å². The maximum absolute atomic E-state index is 12.0. The molecule has 0 amide bonds. The van der Waals surface area contributed by atoms with Crippen molar-refractivity contribution in [3.63, 3.8) is 0 Å². The van der Waals surface area contributed by atoms with E-state index < -0.39 is 10.0 Å². The predicted molar refractivity (Wildman–Crippen MR) is 69.8 cm³/mol. The highest BCUT2D eigenvalue weighted by Gasteiger charge is 2.22. The molecule has 1 aromatic carbocycles. The van der Waals surface area contributed by atoms with Gasteiger partial charge in [0.05, 0.1) is 22.8 Å². The van der Waals surface area contributed by atoms with Crippen molar-refractivity contribution in [1.82, 2.24) is 4.89 Å². The molecule has 0 aliphatic heterocycles. The highest BCUT2D eigenvalue weighted by atomic mass is 35.5.